The average molecular weight is 340 g/mol. The Balaban J connectivity index is 1.52. The molecule has 0 unspecified atom stereocenters. The van der Waals surface area contributed by atoms with Crippen molar-refractivity contribution in [3.63, 3.8) is 0 Å². The summed E-state index contributed by atoms with van der Waals surface area (Å²) in [5.41, 5.74) is 1.33. The van der Waals surface area contributed by atoms with E-state index in [1.807, 2.05) is 18.2 Å². The van der Waals surface area contributed by atoms with E-state index in [1.54, 1.807) is 18.2 Å². The number of carbonyl (C=O) groups excluding carboxylic acids is 1. The summed E-state index contributed by atoms with van der Waals surface area (Å²) < 4.78 is 0. The van der Waals surface area contributed by atoms with Gasteiger partial charge in [-0.3, -0.25) is 19.8 Å². The van der Waals surface area contributed by atoms with Crippen molar-refractivity contribution >= 4 is 23.0 Å². The van der Waals surface area contributed by atoms with Gasteiger partial charge in [0.25, 0.3) is 5.69 Å². The monoisotopic (exact) mass is 340 g/mol. The molecule has 0 aromatic heterocycles. The van der Waals surface area contributed by atoms with Gasteiger partial charge in [-0.15, -0.1) is 0 Å². The van der Waals surface area contributed by atoms with Crippen LogP contribution < -0.4 is 10.2 Å². The summed E-state index contributed by atoms with van der Waals surface area (Å²) in [5, 5.41) is 13.6. The molecule has 0 bridgehead atoms. The molecule has 0 aliphatic carbocycles. The van der Waals surface area contributed by atoms with Crippen LogP contribution in [0.4, 0.5) is 17.1 Å². The van der Waals surface area contributed by atoms with Gasteiger partial charge in [-0.1, -0.05) is 30.3 Å². The molecule has 130 valence electrons. The third kappa shape index (κ3) is 4.33. The fraction of sp³-hybridized carbons (Fsp3) is 0.278. The molecule has 0 atom stereocenters. The molecule has 1 N–H and O–H groups in total. The van der Waals surface area contributed by atoms with Crippen LogP contribution in [0.5, 0.6) is 0 Å². The Morgan fingerprint density at radius 3 is 2.32 bits per heavy atom. The Hall–Kier alpha value is -2.93. The SMILES string of the molecule is O=C(CN1CCN(c2ccccc2)CC1)Nc1ccccc1[N+](=O)[O-]. The van der Waals surface area contributed by atoms with E-state index in [0.717, 1.165) is 26.2 Å². The van der Waals surface area contributed by atoms with Gasteiger partial charge in [0, 0.05) is 37.9 Å². The summed E-state index contributed by atoms with van der Waals surface area (Å²) in [4.78, 5) is 27.1. The third-order valence-electron chi connectivity index (χ3n) is 4.24. The van der Waals surface area contributed by atoms with E-state index < -0.39 is 4.92 Å². The van der Waals surface area contributed by atoms with E-state index in [9.17, 15) is 14.9 Å². The van der Waals surface area contributed by atoms with E-state index in [-0.39, 0.29) is 23.8 Å². The number of nitro groups is 1. The van der Waals surface area contributed by atoms with Gasteiger partial charge >= 0.3 is 0 Å². The maximum atomic E-state index is 12.2. The Morgan fingerprint density at radius 1 is 1.00 bits per heavy atom. The normalized spacial score (nSPS) is 15.0. The van der Waals surface area contributed by atoms with Gasteiger partial charge in [-0.05, 0) is 18.2 Å². The molecular formula is C18H20N4O3. The van der Waals surface area contributed by atoms with Gasteiger partial charge in [0.2, 0.25) is 5.91 Å². The van der Waals surface area contributed by atoms with E-state index in [1.165, 1.54) is 11.8 Å². The van der Waals surface area contributed by atoms with E-state index in [2.05, 4.69) is 27.2 Å². The fourth-order valence-electron chi connectivity index (χ4n) is 2.93. The molecule has 7 heteroatoms. The summed E-state index contributed by atoms with van der Waals surface area (Å²) in [7, 11) is 0. The Kier molecular flexibility index (Phi) is 5.25. The average Bonchev–Trinajstić information content (AvgIpc) is 2.63. The maximum absolute atomic E-state index is 12.2. The van der Waals surface area contributed by atoms with Crippen LogP contribution in [0.2, 0.25) is 0 Å². The summed E-state index contributed by atoms with van der Waals surface area (Å²) >= 11 is 0. The number of para-hydroxylation sites is 3. The Bertz CT molecular complexity index is 743. The van der Waals surface area contributed by atoms with Gasteiger partial charge in [-0.25, -0.2) is 0 Å². The molecule has 0 saturated carbocycles. The van der Waals surface area contributed by atoms with Crippen LogP contribution in [0.15, 0.2) is 54.6 Å². The number of piperazine rings is 1. The minimum Gasteiger partial charge on any atom is -0.369 e. The van der Waals surface area contributed by atoms with E-state index in [4.69, 9.17) is 0 Å². The lowest BCUT2D eigenvalue weighted by atomic mass is 10.2. The molecule has 1 amide bonds. The molecule has 25 heavy (non-hydrogen) atoms. The lowest BCUT2D eigenvalue weighted by Crippen LogP contribution is -2.48. The van der Waals surface area contributed by atoms with Crippen molar-refractivity contribution in [3.05, 3.63) is 64.7 Å². The van der Waals surface area contributed by atoms with Crippen molar-refractivity contribution in [2.45, 2.75) is 0 Å². The minimum atomic E-state index is -0.492. The topological polar surface area (TPSA) is 78.7 Å². The first-order valence-corrected chi connectivity index (χ1v) is 8.19. The molecule has 0 spiro atoms. The van der Waals surface area contributed by atoms with E-state index in [0.29, 0.717) is 0 Å². The molecule has 0 radical (unpaired) electrons. The van der Waals surface area contributed by atoms with E-state index >= 15 is 0 Å². The van der Waals surface area contributed by atoms with Crippen LogP contribution in [-0.2, 0) is 4.79 Å². The summed E-state index contributed by atoms with van der Waals surface area (Å²) in [6.45, 7) is 3.48. The number of hydrogen-bond acceptors (Lipinski definition) is 5. The first kappa shape index (κ1) is 16.9. The van der Waals surface area contributed by atoms with Crippen LogP contribution in [0, 0.1) is 10.1 Å². The first-order valence-electron chi connectivity index (χ1n) is 8.19. The van der Waals surface area contributed by atoms with Crippen LogP contribution in [0.1, 0.15) is 0 Å². The Labute approximate surface area is 146 Å². The number of anilines is 2. The number of carbonyl (C=O) groups is 1. The molecule has 1 fully saturated rings. The molecule has 2 aromatic rings. The summed E-state index contributed by atoms with van der Waals surface area (Å²) in [5.74, 6) is -0.234. The number of nitrogens with one attached hydrogen (secondary N) is 1. The van der Waals surface area contributed by atoms with Gasteiger partial charge in [0.1, 0.15) is 5.69 Å². The van der Waals surface area contributed by atoms with Crippen LogP contribution in [0.3, 0.4) is 0 Å². The van der Waals surface area contributed by atoms with Crippen molar-refractivity contribution < 1.29 is 9.72 Å². The molecule has 1 saturated heterocycles. The van der Waals surface area contributed by atoms with Gasteiger partial charge < -0.3 is 10.2 Å². The molecule has 1 heterocycles. The Morgan fingerprint density at radius 2 is 1.64 bits per heavy atom. The highest BCUT2D eigenvalue weighted by Gasteiger charge is 2.20. The number of hydrogen-bond donors (Lipinski definition) is 1. The smallest absolute Gasteiger partial charge is 0.292 e. The van der Waals surface area contributed by atoms with Crippen LogP contribution in [-0.4, -0.2) is 48.5 Å². The minimum absolute atomic E-state index is 0.0928. The summed E-state index contributed by atoms with van der Waals surface area (Å²) in [6.07, 6.45) is 0. The first-order chi connectivity index (χ1) is 12.1. The highest BCUT2D eigenvalue weighted by Crippen LogP contribution is 2.23. The second-order valence-electron chi connectivity index (χ2n) is 5.92. The summed E-state index contributed by atoms with van der Waals surface area (Å²) in [6, 6.07) is 16.4. The van der Waals surface area contributed by atoms with Crippen molar-refractivity contribution in [2.75, 3.05) is 42.9 Å². The maximum Gasteiger partial charge on any atom is 0.292 e. The molecule has 1 aliphatic heterocycles. The van der Waals surface area contributed by atoms with Gasteiger partial charge in [0.05, 0.1) is 11.5 Å². The second-order valence-corrected chi connectivity index (χ2v) is 5.92. The quantitative estimate of drug-likeness (QED) is 0.668. The second kappa shape index (κ2) is 7.76. The van der Waals surface area contributed by atoms with Crippen LogP contribution >= 0.6 is 0 Å². The molecule has 1 aliphatic rings. The molecule has 3 rings (SSSR count). The van der Waals surface area contributed by atoms with Crippen molar-refractivity contribution in [3.8, 4) is 0 Å². The lowest BCUT2D eigenvalue weighted by molar-refractivity contribution is -0.383. The predicted molar refractivity (Wildman–Crippen MR) is 96.8 cm³/mol. The zero-order valence-corrected chi connectivity index (χ0v) is 13.8. The number of nitrogens with zero attached hydrogens (tertiary/aromatic N) is 3. The molecular weight excluding hydrogens is 320 g/mol. The fourth-order valence-corrected chi connectivity index (χ4v) is 2.93. The standard InChI is InChI=1S/C18H20N4O3/c23-18(19-16-8-4-5-9-17(16)22(24)25)14-20-10-12-21(13-11-20)15-6-2-1-3-7-15/h1-9H,10-14H2,(H,19,23). The number of nitro benzene ring substituents is 1. The number of rotatable bonds is 5. The van der Waals surface area contributed by atoms with Crippen molar-refractivity contribution in [1.29, 1.82) is 0 Å². The largest absolute Gasteiger partial charge is 0.369 e. The lowest BCUT2D eigenvalue weighted by Gasteiger charge is -2.35. The number of benzene rings is 2. The third-order valence-corrected chi connectivity index (χ3v) is 4.24. The molecule has 2 aromatic carbocycles. The predicted octanol–water partition coefficient (Wildman–Crippen LogP) is 2.36. The zero-order chi connectivity index (χ0) is 17.6. The number of amides is 1. The van der Waals surface area contributed by atoms with Crippen LogP contribution in [0.25, 0.3) is 0 Å². The molecule has 7 nitrogen and oxygen atoms in total. The zero-order valence-electron chi connectivity index (χ0n) is 13.8. The van der Waals surface area contributed by atoms with Crippen molar-refractivity contribution in [2.24, 2.45) is 0 Å². The van der Waals surface area contributed by atoms with Gasteiger partial charge in [-0.2, -0.15) is 0 Å². The van der Waals surface area contributed by atoms with Crippen molar-refractivity contribution in [1.82, 2.24) is 4.90 Å². The highest BCUT2D eigenvalue weighted by molar-refractivity contribution is 5.94. The van der Waals surface area contributed by atoms with Gasteiger partial charge in [0.15, 0.2) is 0 Å². The highest BCUT2D eigenvalue weighted by atomic mass is 16.6.